The number of rotatable bonds is 3. The third-order valence-electron chi connectivity index (χ3n) is 1.66. The second-order valence-electron chi connectivity index (χ2n) is 2.74. The number of hydrogen-bond acceptors (Lipinski definition) is 3. The van der Waals surface area contributed by atoms with Gasteiger partial charge in [-0.15, -0.1) is 0 Å². The van der Waals surface area contributed by atoms with E-state index in [9.17, 15) is 8.42 Å². The quantitative estimate of drug-likeness (QED) is 0.619. The van der Waals surface area contributed by atoms with Crippen molar-refractivity contribution in [2.75, 3.05) is 0 Å². The molecule has 1 rings (SSSR count). The van der Waals surface area contributed by atoms with Crippen LogP contribution in [0.4, 0.5) is 0 Å². The lowest BCUT2D eigenvalue weighted by atomic mass is 10.2. The molecule has 0 aliphatic carbocycles. The summed E-state index contributed by atoms with van der Waals surface area (Å²) in [5, 5.41) is 0. The molecular formula is C8H8BrIO4S. The maximum atomic E-state index is 10.6. The van der Waals surface area contributed by atoms with Gasteiger partial charge in [-0.2, -0.15) is 8.42 Å². The molecule has 7 heteroatoms. The Kier molecular flexibility index (Phi) is 4.38. The molecule has 0 heterocycles. The first kappa shape index (κ1) is 13.2. The van der Waals surface area contributed by atoms with Gasteiger partial charge in [-0.1, -0.05) is 22.9 Å². The molecule has 0 spiro atoms. The van der Waals surface area contributed by atoms with Crippen LogP contribution in [0.1, 0.15) is 12.5 Å². The van der Waals surface area contributed by atoms with Gasteiger partial charge >= 0.3 is 10.4 Å². The van der Waals surface area contributed by atoms with E-state index in [4.69, 9.17) is 4.55 Å². The molecule has 1 N–H and O–H groups in total. The van der Waals surface area contributed by atoms with E-state index >= 15 is 0 Å². The first-order valence-electron chi connectivity index (χ1n) is 3.98. The van der Waals surface area contributed by atoms with Crippen LogP contribution in [0.5, 0.6) is 5.75 Å². The molecular weight excluding hydrogens is 399 g/mol. The van der Waals surface area contributed by atoms with Gasteiger partial charge < -0.3 is 4.18 Å². The van der Waals surface area contributed by atoms with Gasteiger partial charge in [0.15, 0.2) is 5.75 Å². The van der Waals surface area contributed by atoms with Crippen molar-refractivity contribution in [3.05, 3.63) is 25.7 Å². The normalized spacial score (nSPS) is 11.5. The van der Waals surface area contributed by atoms with Gasteiger partial charge in [0, 0.05) is 4.47 Å². The van der Waals surface area contributed by atoms with Crippen molar-refractivity contribution in [3.8, 4) is 5.75 Å². The monoisotopic (exact) mass is 406 g/mol. The summed E-state index contributed by atoms with van der Waals surface area (Å²) in [6, 6.07) is 3.37. The molecule has 0 saturated carbocycles. The smallest absolute Gasteiger partial charge is 0.361 e. The Balaban J connectivity index is 3.24. The molecule has 0 radical (unpaired) electrons. The number of halogens is 2. The average molecular weight is 407 g/mol. The summed E-state index contributed by atoms with van der Waals surface area (Å²) in [5.74, 6) is 0.129. The van der Waals surface area contributed by atoms with Crippen molar-refractivity contribution in [3.63, 3.8) is 0 Å². The minimum Gasteiger partial charge on any atom is -0.361 e. The fourth-order valence-corrected chi connectivity index (χ4v) is 2.84. The highest BCUT2D eigenvalue weighted by molar-refractivity contribution is 14.1. The maximum absolute atomic E-state index is 10.6. The van der Waals surface area contributed by atoms with Crippen LogP contribution >= 0.6 is 38.5 Å². The third-order valence-corrected chi connectivity index (χ3v) is 3.73. The molecule has 1 aromatic rings. The van der Waals surface area contributed by atoms with E-state index in [2.05, 4.69) is 20.1 Å². The summed E-state index contributed by atoms with van der Waals surface area (Å²) in [7, 11) is -4.47. The number of benzene rings is 1. The molecule has 0 unspecified atom stereocenters. The molecule has 84 valence electrons. The van der Waals surface area contributed by atoms with Crippen molar-refractivity contribution in [1.82, 2.24) is 0 Å². The van der Waals surface area contributed by atoms with Crippen molar-refractivity contribution in [2.45, 2.75) is 13.3 Å². The van der Waals surface area contributed by atoms with Crippen LogP contribution in [-0.4, -0.2) is 13.0 Å². The Bertz CT molecular complexity index is 472. The zero-order chi connectivity index (χ0) is 11.6. The Hall–Kier alpha value is 0.140. The molecule has 0 saturated heterocycles. The van der Waals surface area contributed by atoms with Gasteiger partial charge in [-0.25, -0.2) is 0 Å². The zero-order valence-corrected chi connectivity index (χ0v) is 12.3. The SMILES string of the molecule is CCc1cc(Br)cc(OS(=O)(=O)O)c1I. The van der Waals surface area contributed by atoms with Crippen LogP contribution in [0.25, 0.3) is 0 Å². The highest BCUT2D eigenvalue weighted by Crippen LogP contribution is 2.30. The first-order valence-corrected chi connectivity index (χ1v) is 7.22. The largest absolute Gasteiger partial charge is 0.446 e. The molecule has 15 heavy (non-hydrogen) atoms. The predicted octanol–water partition coefficient (Wildman–Crippen LogP) is 2.80. The second kappa shape index (κ2) is 4.98. The molecule has 0 amide bonds. The molecule has 0 aromatic heterocycles. The lowest BCUT2D eigenvalue weighted by molar-refractivity contribution is 0.385. The first-order chi connectivity index (χ1) is 6.83. The molecule has 0 atom stereocenters. The van der Waals surface area contributed by atoms with E-state index in [1.165, 1.54) is 6.07 Å². The summed E-state index contributed by atoms with van der Waals surface area (Å²) in [4.78, 5) is 0. The molecule has 0 fully saturated rings. The van der Waals surface area contributed by atoms with Gasteiger partial charge in [0.25, 0.3) is 0 Å². The minimum absolute atomic E-state index is 0.129. The molecule has 0 aliphatic heterocycles. The van der Waals surface area contributed by atoms with Gasteiger partial charge in [-0.3, -0.25) is 4.55 Å². The van der Waals surface area contributed by atoms with E-state index < -0.39 is 10.4 Å². The highest BCUT2D eigenvalue weighted by atomic mass is 127. The summed E-state index contributed by atoms with van der Waals surface area (Å²) < 4.78 is 35.6. The Labute approximate surface area is 110 Å². The van der Waals surface area contributed by atoms with Crippen LogP contribution in [0.15, 0.2) is 16.6 Å². The number of aryl methyl sites for hydroxylation is 1. The topological polar surface area (TPSA) is 63.6 Å². The van der Waals surface area contributed by atoms with E-state index in [1.807, 2.05) is 35.6 Å². The van der Waals surface area contributed by atoms with Crippen molar-refractivity contribution in [1.29, 1.82) is 0 Å². The van der Waals surface area contributed by atoms with E-state index in [1.54, 1.807) is 0 Å². The van der Waals surface area contributed by atoms with Crippen molar-refractivity contribution < 1.29 is 17.2 Å². The predicted molar refractivity (Wildman–Crippen MR) is 68.4 cm³/mol. The highest BCUT2D eigenvalue weighted by Gasteiger charge is 2.13. The zero-order valence-electron chi connectivity index (χ0n) is 7.70. The minimum atomic E-state index is -4.47. The molecule has 4 nitrogen and oxygen atoms in total. The van der Waals surface area contributed by atoms with Crippen molar-refractivity contribution >= 4 is 48.9 Å². The van der Waals surface area contributed by atoms with Gasteiger partial charge in [0.05, 0.1) is 3.57 Å². The second-order valence-corrected chi connectivity index (χ2v) is 5.76. The van der Waals surface area contributed by atoms with Gasteiger partial charge in [0.1, 0.15) is 0 Å². The van der Waals surface area contributed by atoms with E-state index in [0.717, 1.165) is 12.0 Å². The maximum Gasteiger partial charge on any atom is 0.446 e. The third kappa shape index (κ3) is 3.89. The molecule has 0 bridgehead atoms. The van der Waals surface area contributed by atoms with Crippen LogP contribution in [-0.2, 0) is 16.8 Å². The van der Waals surface area contributed by atoms with Crippen LogP contribution in [0.2, 0.25) is 0 Å². The lowest BCUT2D eigenvalue weighted by Gasteiger charge is -2.08. The number of hydrogen-bond donors (Lipinski definition) is 1. The average Bonchev–Trinajstić information content (AvgIpc) is 2.08. The Morgan fingerprint density at radius 2 is 2.13 bits per heavy atom. The van der Waals surface area contributed by atoms with Gasteiger partial charge in [0.2, 0.25) is 0 Å². The van der Waals surface area contributed by atoms with E-state index in [0.29, 0.717) is 8.04 Å². The lowest BCUT2D eigenvalue weighted by Crippen LogP contribution is -2.08. The summed E-state index contributed by atoms with van der Waals surface area (Å²) in [6.07, 6.45) is 0.750. The Morgan fingerprint density at radius 3 is 2.60 bits per heavy atom. The van der Waals surface area contributed by atoms with E-state index in [-0.39, 0.29) is 5.75 Å². The van der Waals surface area contributed by atoms with Gasteiger partial charge in [-0.05, 0) is 46.7 Å². The van der Waals surface area contributed by atoms with Crippen LogP contribution in [0, 0.1) is 3.57 Å². The fraction of sp³-hybridized carbons (Fsp3) is 0.250. The van der Waals surface area contributed by atoms with Crippen molar-refractivity contribution in [2.24, 2.45) is 0 Å². The standard InChI is InChI=1S/C8H8BrIO4S/c1-2-5-3-6(9)4-7(8(5)10)14-15(11,12)13/h3-4H,2H2,1H3,(H,11,12,13). The van der Waals surface area contributed by atoms with Crippen LogP contribution in [0.3, 0.4) is 0 Å². The molecule has 0 aliphatic rings. The summed E-state index contributed by atoms with van der Waals surface area (Å²) in [5.41, 5.74) is 0.948. The summed E-state index contributed by atoms with van der Waals surface area (Å²) in [6.45, 7) is 1.95. The summed E-state index contributed by atoms with van der Waals surface area (Å²) >= 11 is 5.21. The van der Waals surface area contributed by atoms with Crippen LogP contribution < -0.4 is 4.18 Å². The Morgan fingerprint density at radius 1 is 1.53 bits per heavy atom. The molecule has 1 aromatic carbocycles. The fourth-order valence-electron chi connectivity index (χ4n) is 1.05.